The number of benzene rings is 2. The van der Waals surface area contributed by atoms with Gasteiger partial charge in [-0.25, -0.2) is 0 Å². The highest BCUT2D eigenvalue weighted by Gasteiger charge is 2.37. The predicted octanol–water partition coefficient (Wildman–Crippen LogP) is 4.48. The molecule has 1 aliphatic heterocycles. The van der Waals surface area contributed by atoms with E-state index in [0.717, 1.165) is 34.6 Å². The number of nitrogens with zero attached hydrogens (tertiary/aromatic N) is 2. The standard InChI is InChI=1S/C24H24N4O3/c1-3-13-30-16-11-9-15(10-12-16)22-21-20(17-7-5-6-8-19(17)29-4-2)18(14-25)23(26)31-24(21)28-27-22/h5-12,20H,3-4,13,26H2,1-2H3,(H,27,28)/t20-/m0/s1. The van der Waals surface area contributed by atoms with Gasteiger partial charge in [-0.15, -0.1) is 5.10 Å². The van der Waals surface area contributed by atoms with Crippen molar-refractivity contribution in [2.75, 3.05) is 13.2 Å². The van der Waals surface area contributed by atoms with Crippen LogP contribution in [-0.4, -0.2) is 23.4 Å². The molecule has 0 bridgehead atoms. The summed E-state index contributed by atoms with van der Waals surface area (Å²) >= 11 is 0. The molecule has 158 valence electrons. The molecular formula is C24H24N4O3. The van der Waals surface area contributed by atoms with E-state index in [2.05, 4.69) is 23.2 Å². The molecule has 1 aliphatic rings. The smallest absolute Gasteiger partial charge is 0.244 e. The van der Waals surface area contributed by atoms with Gasteiger partial charge in [-0.3, -0.25) is 5.10 Å². The van der Waals surface area contributed by atoms with Crippen LogP contribution in [0.15, 0.2) is 60.0 Å². The molecule has 0 spiro atoms. The molecule has 2 heterocycles. The number of hydrogen-bond acceptors (Lipinski definition) is 6. The Morgan fingerprint density at radius 3 is 2.61 bits per heavy atom. The second-order valence-corrected chi connectivity index (χ2v) is 7.09. The molecule has 0 radical (unpaired) electrons. The molecule has 1 aromatic heterocycles. The van der Waals surface area contributed by atoms with Crippen LogP contribution in [0.25, 0.3) is 11.3 Å². The largest absolute Gasteiger partial charge is 0.494 e. The Kier molecular flexibility index (Phi) is 5.80. The van der Waals surface area contributed by atoms with Crippen molar-refractivity contribution in [3.05, 3.63) is 71.1 Å². The van der Waals surface area contributed by atoms with Gasteiger partial charge in [-0.05, 0) is 43.7 Å². The fourth-order valence-electron chi connectivity index (χ4n) is 3.72. The molecule has 2 aromatic carbocycles. The van der Waals surface area contributed by atoms with Gasteiger partial charge in [0.25, 0.3) is 0 Å². The molecule has 0 amide bonds. The minimum Gasteiger partial charge on any atom is -0.494 e. The second kappa shape index (κ2) is 8.84. The first kappa shape index (κ1) is 20.4. The normalized spacial score (nSPS) is 15.1. The van der Waals surface area contributed by atoms with Gasteiger partial charge in [-0.2, -0.15) is 5.26 Å². The van der Waals surface area contributed by atoms with Gasteiger partial charge in [0.05, 0.1) is 30.4 Å². The topological polar surface area (TPSA) is 106 Å². The highest BCUT2D eigenvalue weighted by atomic mass is 16.5. The third kappa shape index (κ3) is 3.80. The minimum absolute atomic E-state index is 0.0488. The molecule has 31 heavy (non-hydrogen) atoms. The van der Waals surface area contributed by atoms with E-state index in [1.54, 1.807) is 0 Å². The van der Waals surface area contributed by atoms with E-state index in [-0.39, 0.29) is 5.88 Å². The molecule has 3 aromatic rings. The summed E-state index contributed by atoms with van der Waals surface area (Å²) in [6.07, 6.45) is 0.943. The monoisotopic (exact) mass is 416 g/mol. The molecule has 1 atom stereocenters. The number of nitrogens with one attached hydrogen (secondary N) is 1. The summed E-state index contributed by atoms with van der Waals surface area (Å²) in [5, 5.41) is 17.3. The fourth-order valence-corrected chi connectivity index (χ4v) is 3.72. The van der Waals surface area contributed by atoms with Crippen LogP contribution < -0.4 is 19.9 Å². The van der Waals surface area contributed by atoms with Crippen molar-refractivity contribution >= 4 is 0 Å². The lowest BCUT2D eigenvalue weighted by Gasteiger charge is -2.25. The van der Waals surface area contributed by atoms with Crippen LogP contribution in [0.2, 0.25) is 0 Å². The Hall–Kier alpha value is -3.92. The maximum Gasteiger partial charge on any atom is 0.244 e. The molecule has 0 saturated heterocycles. The maximum absolute atomic E-state index is 9.90. The molecule has 3 N–H and O–H groups in total. The van der Waals surface area contributed by atoms with E-state index in [1.807, 2.05) is 55.5 Å². The van der Waals surface area contributed by atoms with E-state index in [4.69, 9.17) is 19.9 Å². The number of H-pyrrole nitrogens is 1. The average molecular weight is 416 g/mol. The van der Waals surface area contributed by atoms with E-state index in [9.17, 15) is 5.26 Å². The highest BCUT2D eigenvalue weighted by molar-refractivity contribution is 5.72. The van der Waals surface area contributed by atoms with Gasteiger partial charge in [0.15, 0.2) is 0 Å². The van der Waals surface area contributed by atoms with Crippen molar-refractivity contribution in [3.63, 3.8) is 0 Å². The number of rotatable bonds is 7. The Labute approximate surface area is 181 Å². The van der Waals surface area contributed by atoms with Crippen LogP contribution in [0, 0.1) is 11.3 Å². The molecule has 0 saturated carbocycles. The zero-order chi connectivity index (χ0) is 21.8. The zero-order valence-electron chi connectivity index (χ0n) is 17.5. The van der Waals surface area contributed by atoms with Gasteiger partial charge in [-0.1, -0.05) is 25.1 Å². The van der Waals surface area contributed by atoms with E-state index < -0.39 is 5.92 Å². The lowest BCUT2D eigenvalue weighted by atomic mass is 9.82. The number of hydrogen-bond donors (Lipinski definition) is 2. The van der Waals surface area contributed by atoms with Crippen molar-refractivity contribution in [3.8, 4) is 34.7 Å². The Balaban J connectivity index is 1.84. The first-order valence-electron chi connectivity index (χ1n) is 10.3. The number of fused-ring (bicyclic) bond motifs is 1. The molecule has 7 heteroatoms. The third-order valence-electron chi connectivity index (χ3n) is 5.08. The van der Waals surface area contributed by atoms with Crippen molar-refractivity contribution < 1.29 is 14.2 Å². The summed E-state index contributed by atoms with van der Waals surface area (Å²) in [5.74, 6) is 1.43. The Morgan fingerprint density at radius 2 is 1.90 bits per heavy atom. The minimum atomic E-state index is -0.471. The van der Waals surface area contributed by atoms with Crippen LogP contribution in [0.3, 0.4) is 0 Å². The predicted molar refractivity (Wildman–Crippen MR) is 117 cm³/mol. The van der Waals surface area contributed by atoms with Gasteiger partial charge in [0.2, 0.25) is 11.8 Å². The first-order valence-corrected chi connectivity index (χ1v) is 10.3. The lowest BCUT2D eigenvalue weighted by molar-refractivity contribution is 0.317. The van der Waals surface area contributed by atoms with Gasteiger partial charge >= 0.3 is 0 Å². The van der Waals surface area contributed by atoms with Crippen molar-refractivity contribution in [2.45, 2.75) is 26.2 Å². The Bertz CT molecular complexity index is 1140. The quantitative estimate of drug-likeness (QED) is 0.588. The summed E-state index contributed by atoms with van der Waals surface area (Å²) in [5.41, 5.74) is 9.66. The molecule has 0 unspecified atom stereocenters. The summed E-state index contributed by atoms with van der Waals surface area (Å²) in [4.78, 5) is 0. The zero-order valence-corrected chi connectivity index (χ0v) is 17.5. The van der Waals surface area contributed by atoms with Crippen LogP contribution in [0.5, 0.6) is 17.4 Å². The molecular weight excluding hydrogens is 392 g/mol. The van der Waals surface area contributed by atoms with Crippen molar-refractivity contribution in [1.29, 1.82) is 5.26 Å². The summed E-state index contributed by atoms with van der Waals surface area (Å²) < 4.78 is 17.2. The summed E-state index contributed by atoms with van der Waals surface area (Å²) in [7, 11) is 0. The van der Waals surface area contributed by atoms with Crippen LogP contribution in [0.4, 0.5) is 0 Å². The Morgan fingerprint density at radius 1 is 1.13 bits per heavy atom. The van der Waals surface area contributed by atoms with Crippen molar-refractivity contribution in [1.82, 2.24) is 10.2 Å². The number of para-hydroxylation sites is 1. The lowest BCUT2D eigenvalue weighted by Crippen LogP contribution is -2.21. The van der Waals surface area contributed by atoms with Gasteiger partial charge in [0, 0.05) is 11.1 Å². The average Bonchev–Trinajstić information content (AvgIpc) is 3.21. The number of ether oxygens (including phenoxy) is 3. The second-order valence-electron chi connectivity index (χ2n) is 7.09. The molecule has 4 rings (SSSR count). The number of nitriles is 1. The fraction of sp³-hybridized carbons (Fsp3) is 0.250. The SMILES string of the molecule is CCCOc1ccc(-c2[nH]nc3c2[C@@H](c2ccccc2OCC)C(C#N)=C(N)O3)cc1. The number of allylic oxidation sites excluding steroid dienone is 1. The number of nitrogens with two attached hydrogens (primary N) is 1. The number of aromatic nitrogens is 2. The van der Waals surface area contributed by atoms with E-state index >= 15 is 0 Å². The molecule has 0 fully saturated rings. The van der Waals surface area contributed by atoms with Crippen molar-refractivity contribution in [2.24, 2.45) is 5.73 Å². The maximum atomic E-state index is 9.90. The number of aromatic amines is 1. The van der Waals surface area contributed by atoms with Crippen LogP contribution in [-0.2, 0) is 0 Å². The molecule has 7 nitrogen and oxygen atoms in total. The molecule has 0 aliphatic carbocycles. The van der Waals surface area contributed by atoms with E-state index in [1.165, 1.54) is 0 Å². The first-order chi connectivity index (χ1) is 15.2. The third-order valence-corrected chi connectivity index (χ3v) is 5.08. The highest BCUT2D eigenvalue weighted by Crippen LogP contribution is 2.47. The van der Waals surface area contributed by atoms with E-state index in [0.29, 0.717) is 30.4 Å². The van der Waals surface area contributed by atoms with Gasteiger partial charge in [0.1, 0.15) is 23.1 Å². The van der Waals surface area contributed by atoms with Crippen LogP contribution in [0.1, 0.15) is 37.3 Å². The van der Waals surface area contributed by atoms with Gasteiger partial charge < -0.3 is 19.9 Å². The summed E-state index contributed by atoms with van der Waals surface area (Å²) in [6.45, 7) is 5.16. The van der Waals surface area contributed by atoms with Crippen LogP contribution >= 0.6 is 0 Å². The summed E-state index contributed by atoms with van der Waals surface area (Å²) in [6, 6.07) is 17.6.